The van der Waals surface area contributed by atoms with Crippen LogP contribution in [-0.2, 0) is 18.4 Å². The molecule has 0 aliphatic heterocycles. The maximum absolute atomic E-state index is 12.7. The van der Waals surface area contributed by atoms with E-state index in [2.05, 4.69) is 0 Å². The largest absolute Gasteiger partial charge is 0.379 e. The van der Waals surface area contributed by atoms with E-state index in [4.69, 9.17) is 43.9 Å². The first-order valence-corrected chi connectivity index (χ1v) is 7.47. The molecule has 18 heavy (non-hydrogen) atoms. The van der Waals surface area contributed by atoms with Crippen molar-refractivity contribution in [3.63, 3.8) is 0 Å². The van der Waals surface area contributed by atoms with Gasteiger partial charge in [-0.1, -0.05) is 34.8 Å². The van der Waals surface area contributed by atoms with Crippen molar-refractivity contribution in [1.82, 2.24) is 5.32 Å². The van der Waals surface area contributed by atoms with Crippen LogP contribution in [0.5, 0.6) is 0 Å². The molecule has 0 heterocycles. The van der Waals surface area contributed by atoms with Crippen LogP contribution in [0.2, 0.25) is 0 Å². The van der Waals surface area contributed by atoms with Crippen LogP contribution in [0.3, 0.4) is 0 Å². The molecule has 0 atom stereocenters. The van der Waals surface area contributed by atoms with E-state index in [9.17, 15) is 13.8 Å². The second-order valence-corrected chi connectivity index (χ2v) is 7.05. The summed E-state index contributed by atoms with van der Waals surface area (Å²) in [5, 5.41) is 1.86. The Bertz CT molecular complexity index is 362. The molecule has 0 saturated heterocycles. The quantitative estimate of drug-likeness (QED) is 0.592. The molecule has 0 aromatic carbocycles. The molecule has 0 aromatic heterocycles. The molecule has 0 saturated carbocycles. The predicted octanol–water partition coefficient (Wildman–Crippen LogP) is 3.51. The molecule has 0 spiro atoms. The number of amides is 1. The van der Waals surface area contributed by atoms with Gasteiger partial charge in [-0.3, -0.25) is 9.36 Å². The van der Waals surface area contributed by atoms with E-state index in [0.717, 1.165) is 0 Å². The molecule has 106 valence electrons. The van der Waals surface area contributed by atoms with Gasteiger partial charge in [0.05, 0.1) is 13.2 Å². The maximum Gasteiger partial charge on any atom is 0.379 e. The van der Waals surface area contributed by atoms with Crippen LogP contribution < -0.4 is 5.32 Å². The summed E-state index contributed by atoms with van der Waals surface area (Å²) in [6.07, 6.45) is -0.125. The molecule has 10 heteroatoms. The fourth-order valence-corrected chi connectivity index (χ4v) is 2.39. The molecule has 0 aliphatic carbocycles. The van der Waals surface area contributed by atoms with Gasteiger partial charge in [-0.15, -0.1) is 0 Å². The average Bonchev–Trinajstić information content (AvgIpc) is 2.24. The van der Waals surface area contributed by atoms with Crippen LogP contribution >= 0.6 is 42.4 Å². The molecule has 5 nitrogen and oxygen atoms in total. The molecule has 0 aliphatic rings. The van der Waals surface area contributed by atoms with Crippen LogP contribution in [-0.4, -0.2) is 22.9 Å². The van der Waals surface area contributed by atoms with Crippen LogP contribution in [0.1, 0.15) is 13.8 Å². The first-order chi connectivity index (χ1) is 8.21. The topological polar surface area (TPSA) is 64.6 Å². The normalized spacial score (nSPS) is 13.6. The third-order valence-electron chi connectivity index (χ3n) is 1.50. The summed E-state index contributed by atoms with van der Waals surface area (Å²) in [5.74, 6) is -1.17. The van der Waals surface area contributed by atoms with Gasteiger partial charge >= 0.3 is 7.60 Å². The van der Waals surface area contributed by atoms with Crippen molar-refractivity contribution >= 4 is 48.3 Å². The van der Waals surface area contributed by atoms with Crippen molar-refractivity contribution in [1.29, 1.82) is 0 Å². The number of halogens is 4. The van der Waals surface area contributed by atoms with E-state index in [-0.39, 0.29) is 19.5 Å². The average molecular weight is 343 g/mol. The molecule has 0 radical (unpaired) electrons. The smallest absolute Gasteiger partial charge is 0.314 e. The Morgan fingerprint density at radius 1 is 1.33 bits per heavy atom. The molecular formula is C8H12Cl3FNO4P. The number of alkyl halides is 3. The highest BCUT2D eigenvalue weighted by Crippen LogP contribution is 2.55. The van der Waals surface area contributed by atoms with Crippen molar-refractivity contribution in [2.75, 3.05) is 13.2 Å². The lowest BCUT2D eigenvalue weighted by molar-refractivity contribution is -0.119. The fraction of sp³-hybridized carbons (Fsp3) is 0.625. The predicted molar refractivity (Wildman–Crippen MR) is 68.5 cm³/mol. The van der Waals surface area contributed by atoms with Crippen molar-refractivity contribution in [2.24, 2.45) is 0 Å². The Kier molecular flexibility index (Phi) is 7.75. The number of nitrogens with one attached hydrogen (secondary N) is 1. The van der Waals surface area contributed by atoms with E-state index in [1.54, 1.807) is 0 Å². The Morgan fingerprint density at radius 3 is 2.06 bits per heavy atom. The van der Waals surface area contributed by atoms with Gasteiger partial charge in [0.1, 0.15) is 6.33 Å². The minimum atomic E-state index is -3.97. The van der Waals surface area contributed by atoms with Crippen LogP contribution in [0.15, 0.2) is 11.8 Å². The first-order valence-electron chi connectivity index (χ1n) is 4.79. The number of hydrogen-bond acceptors (Lipinski definition) is 4. The lowest BCUT2D eigenvalue weighted by atomic mass is 10.7. The van der Waals surface area contributed by atoms with Crippen LogP contribution in [0, 0.1) is 0 Å². The van der Waals surface area contributed by atoms with E-state index < -0.39 is 22.7 Å². The summed E-state index contributed by atoms with van der Waals surface area (Å²) < 4.78 is 32.1. The minimum absolute atomic E-state index is 0.0156. The molecule has 0 fully saturated rings. The number of carbonyl (C=O) groups excluding carboxylic acids is 1. The summed E-state index contributed by atoms with van der Waals surface area (Å²) in [7, 11) is -3.97. The summed E-state index contributed by atoms with van der Waals surface area (Å²) in [6.45, 7) is 3.02. The highest BCUT2D eigenvalue weighted by atomic mass is 35.6. The SMILES string of the molecule is CCOP(=O)(OCC)/C(=C\F)NC(=O)C(Cl)(Cl)Cl. The van der Waals surface area contributed by atoms with Gasteiger partial charge in [0, 0.05) is 0 Å². The Morgan fingerprint density at radius 2 is 1.78 bits per heavy atom. The van der Waals surface area contributed by atoms with Crippen LogP contribution in [0.4, 0.5) is 4.39 Å². The van der Waals surface area contributed by atoms with Gasteiger partial charge in [0.15, 0.2) is 5.44 Å². The van der Waals surface area contributed by atoms with Gasteiger partial charge in [-0.2, -0.15) is 0 Å². The third-order valence-corrected chi connectivity index (χ3v) is 4.01. The summed E-state index contributed by atoms with van der Waals surface area (Å²) in [6, 6.07) is 0. The lowest BCUT2D eigenvalue weighted by Gasteiger charge is -2.20. The highest BCUT2D eigenvalue weighted by molar-refractivity contribution is 7.58. The zero-order chi connectivity index (χ0) is 14.4. The van der Waals surface area contributed by atoms with Crippen LogP contribution in [0.25, 0.3) is 0 Å². The maximum atomic E-state index is 12.7. The van der Waals surface area contributed by atoms with Crippen molar-refractivity contribution in [3.05, 3.63) is 11.8 Å². The van der Waals surface area contributed by atoms with Gasteiger partial charge in [0.2, 0.25) is 0 Å². The lowest BCUT2D eigenvalue weighted by Crippen LogP contribution is -2.34. The monoisotopic (exact) mass is 341 g/mol. The van der Waals surface area contributed by atoms with E-state index in [1.165, 1.54) is 13.8 Å². The van der Waals surface area contributed by atoms with Crippen molar-refractivity contribution in [3.8, 4) is 0 Å². The van der Waals surface area contributed by atoms with Crippen molar-refractivity contribution in [2.45, 2.75) is 17.6 Å². The van der Waals surface area contributed by atoms with Gasteiger partial charge in [0.25, 0.3) is 9.70 Å². The van der Waals surface area contributed by atoms with Gasteiger partial charge in [-0.25, -0.2) is 4.39 Å². The second kappa shape index (κ2) is 7.68. The zero-order valence-electron chi connectivity index (χ0n) is 9.58. The molecule has 0 bridgehead atoms. The Labute approximate surface area is 119 Å². The molecule has 0 aromatic rings. The molecule has 0 rings (SSSR count). The summed E-state index contributed by atoms with van der Waals surface area (Å²) >= 11 is 15.9. The third kappa shape index (κ3) is 5.43. The van der Waals surface area contributed by atoms with Gasteiger partial charge in [-0.05, 0) is 13.8 Å². The van der Waals surface area contributed by atoms with E-state index in [1.807, 2.05) is 5.32 Å². The zero-order valence-corrected chi connectivity index (χ0v) is 12.7. The van der Waals surface area contributed by atoms with E-state index in [0.29, 0.717) is 0 Å². The minimum Gasteiger partial charge on any atom is -0.314 e. The van der Waals surface area contributed by atoms with E-state index >= 15 is 0 Å². The number of rotatable bonds is 6. The summed E-state index contributed by atoms with van der Waals surface area (Å²) in [5.41, 5.74) is -0.720. The number of carbonyl (C=O) groups is 1. The Hall–Kier alpha value is 0.160. The molecule has 1 amide bonds. The van der Waals surface area contributed by atoms with Crippen molar-refractivity contribution < 1.29 is 22.8 Å². The molecule has 0 unspecified atom stereocenters. The molecule has 1 N–H and O–H groups in total. The number of hydrogen-bond donors (Lipinski definition) is 1. The second-order valence-electron chi connectivity index (χ2n) is 2.78. The Balaban J connectivity index is 5.07. The first kappa shape index (κ1) is 18.2. The van der Waals surface area contributed by atoms with Gasteiger partial charge < -0.3 is 14.4 Å². The standard InChI is InChI=1S/C8H12Cl3FNO4P/c1-3-16-18(15,17-4-2)6(5-12)13-7(14)8(9,10)11/h5H,3-4H2,1-2H3,(H,13,14)/b6-5-. The summed E-state index contributed by atoms with van der Waals surface area (Å²) in [4.78, 5) is 11.3. The fourth-order valence-electron chi connectivity index (χ4n) is 0.859. The molecular weight excluding hydrogens is 330 g/mol. The highest BCUT2D eigenvalue weighted by Gasteiger charge is 2.37.